The molecule has 1 unspecified atom stereocenters. The van der Waals surface area contributed by atoms with Crippen molar-refractivity contribution in [3.8, 4) is 0 Å². The van der Waals surface area contributed by atoms with E-state index < -0.39 is 0 Å². The Hall–Kier alpha value is -1.04. The van der Waals surface area contributed by atoms with Crippen molar-refractivity contribution in [2.75, 3.05) is 0 Å². The standard InChI is InChI=1S/C19H30/c1-5-6-13-18(19-15-17(19)4)14-11-9-7-8-10-12-16(2)3/h7-8,10-12,14,16-17H,5-6,9,13,15H2,1-4H3. The number of unbranched alkanes of at least 4 members (excludes halogenated alkanes) is 1. The first-order valence-corrected chi connectivity index (χ1v) is 7.87. The molecule has 1 aliphatic rings. The second-order valence-corrected chi connectivity index (χ2v) is 5.95. The summed E-state index contributed by atoms with van der Waals surface area (Å²) >= 11 is 0. The first-order valence-electron chi connectivity index (χ1n) is 7.87. The SMILES string of the molecule is CCCCC(C=CCC=CC=CC(C)C)=C1CC1C. The summed E-state index contributed by atoms with van der Waals surface area (Å²) in [7, 11) is 0. The molecule has 0 saturated heterocycles. The average molecular weight is 258 g/mol. The molecule has 1 aliphatic carbocycles. The lowest BCUT2D eigenvalue weighted by Gasteiger charge is -2.00. The van der Waals surface area contributed by atoms with Crippen molar-refractivity contribution in [3.63, 3.8) is 0 Å². The van der Waals surface area contributed by atoms with Crippen molar-refractivity contribution < 1.29 is 0 Å². The summed E-state index contributed by atoms with van der Waals surface area (Å²) in [4.78, 5) is 0. The van der Waals surface area contributed by atoms with Crippen LogP contribution < -0.4 is 0 Å². The molecule has 0 heteroatoms. The van der Waals surface area contributed by atoms with Gasteiger partial charge in [-0.1, -0.05) is 76.1 Å². The fourth-order valence-corrected chi connectivity index (χ4v) is 2.17. The Bertz CT molecular complexity index is 363. The summed E-state index contributed by atoms with van der Waals surface area (Å²) in [6.45, 7) is 9.01. The molecule has 19 heavy (non-hydrogen) atoms. The average Bonchev–Trinajstić information content (AvgIpc) is 3.08. The Kier molecular flexibility index (Phi) is 7.55. The molecule has 106 valence electrons. The van der Waals surface area contributed by atoms with Crippen molar-refractivity contribution in [1.29, 1.82) is 0 Å². The van der Waals surface area contributed by atoms with E-state index in [-0.39, 0.29) is 0 Å². The molecular formula is C19H30. The van der Waals surface area contributed by atoms with E-state index in [0.717, 1.165) is 12.3 Å². The summed E-state index contributed by atoms with van der Waals surface area (Å²) < 4.78 is 0. The molecule has 0 aromatic rings. The first-order chi connectivity index (χ1) is 9.15. The minimum Gasteiger partial charge on any atom is -0.0820 e. The fraction of sp³-hybridized carbons (Fsp3) is 0.579. The van der Waals surface area contributed by atoms with Crippen molar-refractivity contribution in [2.45, 2.75) is 59.8 Å². The third-order valence-corrected chi connectivity index (χ3v) is 3.51. The predicted molar refractivity (Wildman–Crippen MR) is 87.2 cm³/mol. The topological polar surface area (TPSA) is 0 Å². The van der Waals surface area contributed by atoms with Crippen LogP contribution in [0, 0.1) is 11.8 Å². The van der Waals surface area contributed by atoms with Crippen LogP contribution in [0.1, 0.15) is 59.8 Å². The normalized spacial score (nSPS) is 22.3. The van der Waals surface area contributed by atoms with E-state index in [4.69, 9.17) is 0 Å². The lowest BCUT2D eigenvalue weighted by molar-refractivity contribution is 0.794. The van der Waals surface area contributed by atoms with E-state index in [1.807, 2.05) is 0 Å². The predicted octanol–water partition coefficient (Wildman–Crippen LogP) is 6.23. The van der Waals surface area contributed by atoms with Crippen LogP contribution in [0.4, 0.5) is 0 Å². The van der Waals surface area contributed by atoms with Crippen LogP contribution in [0.25, 0.3) is 0 Å². The van der Waals surface area contributed by atoms with E-state index in [2.05, 4.69) is 64.2 Å². The molecule has 0 N–H and O–H groups in total. The Labute approximate surface area is 120 Å². The minimum absolute atomic E-state index is 0.641. The molecule has 0 heterocycles. The fourth-order valence-electron chi connectivity index (χ4n) is 2.17. The Balaban J connectivity index is 2.37. The van der Waals surface area contributed by atoms with Crippen LogP contribution >= 0.6 is 0 Å². The summed E-state index contributed by atoms with van der Waals surface area (Å²) in [6.07, 6.45) is 19.7. The lowest BCUT2D eigenvalue weighted by Crippen LogP contribution is -1.80. The van der Waals surface area contributed by atoms with E-state index in [1.54, 1.807) is 11.1 Å². The number of hydrogen-bond donors (Lipinski definition) is 0. The van der Waals surface area contributed by atoms with E-state index in [0.29, 0.717) is 5.92 Å². The van der Waals surface area contributed by atoms with Gasteiger partial charge in [0.2, 0.25) is 0 Å². The highest BCUT2D eigenvalue weighted by Gasteiger charge is 2.26. The second kappa shape index (κ2) is 8.96. The van der Waals surface area contributed by atoms with Crippen molar-refractivity contribution >= 4 is 0 Å². The monoisotopic (exact) mass is 258 g/mol. The molecule has 1 atom stereocenters. The van der Waals surface area contributed by atoms with Crippen LogP contribution in [0.3, 0.4) is 0 Å². The molecule has 1 rings (SSSR count). The van der Waals surface area contributed by atoms with E-state index >= 15 is 0 Å². The van der Waals surface area contributed by atoms with Gasteiger partial charge in [0, 0.05) is 0 Å². The smallest absolute Gasteiger partial charge is 0.0163 e. The summed E-state index contributed by atoms with van der Waals surface area (Å²) in [6, 6.07) is 0. The maximum atomic E-state index is 2.37. The van der Waals surface area contributed by atoms with Crippen LogP contribution in [0.5, 0.6) is 0 Å². The van der Waals surface area contributed by atoms with Gasteiger partial charge in [-0.05, 0) is 43.1 Å². The number of allylic oxidation sites excluding steroid dienone is 8. The van der Waals surface area contributed by atoms with Crippen LogP contribution in [-0.4, -0.2) is 0 Å². The molecule has 0 aromatic heterocycles. The molecular weight excluding hydrogens is 228 g/mol. The van der Waals surface area contributed by atoms with Gasteiger partial charge in [-0.2, -0.15) is 0 Å². The second-order valence-electron chi connectivity index (χ2n) is 5.95. The van der Waals surface area contributed by atoms with Crippen LogP contribution in [0.15, 0.2) is 47.6 Å². The minimum atomic E-state index is 0.641. The molecule has 0 spiro atoms. The van der Waals surface area contributed by atoms with Crippen LogP contribution in [0.2, 0.25) is 0 Å². The largest absolute Gasteiger partial charge is 0.0820 e. The maximum Gasteiger partial charge on any atom is -0.0163 e. The maximum absolute atomic E-state index is 2.37. The summed E-state index contributed by atoms with van der Waals surface area (Å²) in [5.74, 6) is 1.49. The Morgan fingerprint density at radius 2 is 2.00 bits per heavy atom. The summed E-state index contributed by atoms with van der Waals surface area (Å²) in [5, 5.41) is 0. The van der Waals surface area contributed by atoms with Crippen LogP contribution in [-0.2, 0) is 0 Å². The van der Waals surface area contributed by atoms with Gasteiger partial charge in [0.25, 0.3) is 0 Å². The van der Waals surface area contributed by atoms with Gasteiger partial charge in [-0.25, -0.2) is 0 Å². The summed E-state index contributed by atoms with van der Waals surface area (Å²) in [5.41, 5.74) is 3.31. The van der Waals surface area contributed by atoms with Gasteiger partial charge in [-0.3, -0.25) is 0 Å². The first kappa shape index (κ1) is 16.0. The van der Waals surface area contributed by atoms with Gasteiger partial charge >= 0.3 is 0 Å². The van der Waals surface area contributed by atoms with Crippen molar-refractivity contribution in [2.24, 2.45) is 11.8 Å². The highest BCUT2D eigenvalue weighted by atomic mass is 14.3. The molecule has 0 aromatic carbocycles. The third kappa shape index (κ3) is 7.20. The Morgan fingerprint density at radius 1 is 1.26 bits per heavy atom. The van der Waals surface area contributed by atoms with Crippen molar-refractivity contribution in [3.05, 3.63) is 47.6 Å². The van der Waals surface area contributed by atoms with Gasteiger partial charge in [0.15, 0.2) is 0 Å². The van der Waals surface area contributed by atoms with Gasteiger partial charge in [0.05, 0.1) is 0 Å². The zero-order chi connectivity index (χ0) is 14.1. The molecule has 0 amide bonds. The molecule has 0 nitrogen and oxygen atoms in total. The van der Waals surface area contributed by atoms with Gasteiger partial charge in [-0.15, -0.1) is 0 Å². The van der Waals surface area contributed by atoms with E-state index in [1.165, 1.54) is 25.7 Å². The van der Waals surface area contributed by atoms with Gasteiger partial charge < -0.3 is 0 Å². The quantitative estimate of drug-likeness (QED) is 0.453. The lowest BCUT2D eigenvalue weighted by atomic mass is 10.1. The number of hydrogen-bond acceptors (Lipinski definition) is 0. The zero-order valence-electron chi connectivity index (χ0n) is 13.2. The zero-order valence-corrected chi connectivity index (χ0v) is 13.2. The van der Waals surface area contributed by atoms with Gasteiger partial charge in [0.1, 0.15) is 0 Å². The Morgan fingerprint density at radius 3 is 2.58 bits per heavy atom. The number of rotatable bonds is 8. The third-order valence-electron chi connectivity index (χ3n) is 3.51. The highest BCUT2D eigenvalue weighted by molar-refractivity contribution is 5.36. The highest BCUT2D eigenvalue weighted by Crippen LogP contribution is 2.41. The molecule has 0 radical (unpaired) electrons. The molecule has 0 aliphatic heterocycles. The molecule has 1 saturated carbocycles. The molecule has 1 fully saturated rings. The van der Waals surface area contributed by atoms with E-state index in [9.17, 15) is 0 Å². The van der Waals surface area contributed by atoms with Crippen molar-refractivity contribution in [1.82, 2.24) is 0 Å². The molecule has 0 bridgehead atoms.